The molecule has 30 heavy (non-hydrogen) atoms. The van der Waals surface area contributed by atoms with Gasteiger partial charge in [-0.15, -0.1) is 11.8 Å². The van der Waals surface area contributed by atoms with Gasteiger partial charge < -0.3 is 20.1 Å². The highest BCUT2D eigenvalue weighted by Crippen LogP contribution is 2.39. The van der Waals surface area contributed by atoms with Crippen LogP contribution in [0.15, 0.2) is 29.2 Å². The molecular weight excluding hydrogens is 407 g/mol. The fourth-order valence-corrected chi connectivity index (χ4v) is 5.22. The lowest BCUT2D eigenvalue weighted by Crippen LogP contribution is -2.24. The smallest absolute Gasteiger partial charge is 0.305 e. The Morgan fingerprint density at radius 2 is 1.80 bits per heavy atom. The van der Waals surface area contributed by atoms with Gasteiger partial charge in [-0.3, -0.25) is 4.79 Å². The van der Waals surface area contributed by atoms with Crippen molar-refractivity contribution in [1.82, 2.24) is 0 Å². The Kier molecular flexibility index (Phi) is 11.1. The van der Waals surface area contributed by atoms with E-state index < -0.39 is 18.3 Å². The van der Waals surface area contributed by atoms with E-state index in [0.29, 0.717) is 36.3 Å². The topological polar surface area (TPSA) is 87.0 Å². The molecule has 3 N–H and O–H groups in total. The summed E-state index contributed by atoms with van der Waals surface area (Å²) in [4.78, 5) is 11.6. The summed E-state index contributed by atoms with van der Waals surface area (Å²) in [6.07, 6.45) is 4.85. The Labute approximate surface area is 183 Å². The first kappa shape index (κ1) is 25.1. The van der Waals surface area contributed by atoms with Gasteiger partial charge in [0.2, 0.25) is 0 Å². The third-order valence-corrected chi connectivity index (χ3v) is 7.21. The summed E-state index contributed by atoms with van der Waals surface area (Å²) >= 11 is 1.30. The number of rotatable bonds is 13. The van der Waals surface area contributed by atoms with Crippen LogP contribution in [-0.2, 0) is 9.53 Å². The second-order valence-electron chi connectivity index (χ2n) is 8.20. The van der Waals surface area contributed by atoms with E-state index in [1.807, 2.05) is 0 Å². The highest BCUT2D eigenvalue weighted by Gasteiger charge is 2.40. The number of unbranched alkanes of at least 4 members (excludes halogenated alkanes) is 3. The molecule has 0 radical (unpaired) electrons. The number of thioether (sulfide) groups is 1. The van der Waals surface area contributed by atoms with Gasteiger partial charge in [-0.25, -0.2) is 4.39 Å². The maximum absolute atomic E-state index is 13.7. The monoisotopic (exact) mass is 442 g/mol. The molecule has 5 atom stereocenters. The summed E-state index contributed by atoms with van der Waals surface area (Å²) in [6.45, 7) is 0. The summed E-state index contributed by atoms with van der Waals surface area (Å²) in [6, 6.07) is 6.52. The minimum atomic E-state index is -0.585. The van der Waals surface area contributed by atoms with E-state index in [1.165, 1.54) is 24.9 Å². The molecule has 1 aromatic rings. The van der Waals surface area contributed by atoms with Gasteiger partial charge in [-0.1, -0.05) is 31.4 Å². The summed E-state index contributed by atoms with van der Waals surface area (Å²) in [5, 5.41) is 31.0. The zero-order valence-electron chi connectivity index (χ0n) is 17.7. The SMILES string of the molecule is COC(=O)CCCCCCC1[C@@H](CC[C@@H](O)CSc2ccccc2F)[C@H](O)C[C@@H]1O. The normalized spacial score (nSPS) is 24.7. The Morgan fingerprint density at radius 1 is 1.13 bits per heavy atom. The molecule has 0 aromatic heterocycles. The molecule has 1 fully saturated rings. The van der Waals surface area contributed by atoms with Crippen LogP contribution >= 0.6 is 11.8 Å². The first-order chi connectivity index (χ1) is 14.4. The Morgan fingerprint density at radius 3 is 2.50 bits per heavy atom. The van der Waals surface area contributed by atoms with Gasteiger partial charge in [0.05, 0.1) is 25.4 Å². The van der Waals surface area contributed by atoms with E-state index in [-0.39, 0.29) is 23.6 Å². The number of esters is 1. The first-order valence-electron chi connectivity index (χ1n) is 10.9. The molecule has 5 nitrogen and oxygen atoms in total. The van der Waals surface area contributed by atoms with E-state index in [0.717, 1.165) is 32.1 Å². The maximum atomic E-state index is 13.7. The summed E-state index contributed by atoms with van der Waals surface area (Å²) in [5.41, 5.74) is 0. The highest BCUT2D eigenvalue weighted by molar-refractivity contribution is 7.99. The standard InChI is InChI=1S/C23H35FO5S/c1-29-23(28)11-5-3-2-4-8-17-18(21(27)14-20(17)26)13-12-16(25)15-30-22-10-7-6-9-19(22)24/h6-7,9-10,16-18,20-21,25-27H,2-5,8,11-15H2,1H3/t16-,17?,18-,20+,21-/m1/s1. The van der Waals surface area contributed by atoms with Gasteiger partial charge in [-0.2, -0.15) is 0 Å². The molecule has 170 valence electrons. The molecule has 0 heterocycles. The largest absolute Gasteiger partial charge is 0.469 e. The molecule has 1 saturated carbocycles. The molecule has 0 spiro atoms. The Balaban J connectivity index is 1.70. The zero-order valence-corrected chi connectivity index (χ0v) is 18.5. The molecule has 0 bridgehead atoms. The molecule has 1 aromatic carbocycles. The van der Waals surface area contributed by atoms with Crippen LogP contribution in [-0.4, -0.2) is 52.5 Å². The lowest BCUT2D eigenvalue weighted by atomic mass is 9.85. The van der Waals surface area contributed by atoms with Gasteiger partial charge in [0, 0.05) is 17.1 Å². The van der Waals surface area contributed by atoms with Gasteiger partial charge in [0.1, 0.15) is 5.82 Å². The molecular formula is C23H35FO5S. The molecule has 1 unspecified atom stereocenters. The quantitative estimate of drug-likeness (QED) is 0.244. The molecule has 0 aliphatic heterocycles. The number of aliphatic hydroxyl groups is 3. The second-order valence-corrected chi connectivity index (χ2v) is 9.26. The van der Waals surface area contributed by atoms with Crippen LogP contribution in [0.2, 0.25) is 0 Å². The number of carbonyl (C=O) groups is 1. The maximum Gasteiger partial charge on any atom is 0.305 e. The lowest BCUT2D eigenvalue weighted by molar-refractivity contribution is -0.140. The average molecular weight is 443 g/mol. The van der Waals surface area contributed by atoms with Crippen LogP contribution < -0.4 is 0 Å². The molecule has 1 aliphatic carbocycles. The number of hydrogen-bond donors (Lipinski definition) is 3. The van der Waals surface area contributed by atoms with Gasteiger partial charge in [-0.05, 0) is 56.1 Å². The molecule has 0 amide bonds. The molecule has 0 saturated heterocycles. The van der Waals surface area contributed by atoms with E-state index in [1.54, 1.807) is 18.2 Å². The third-order valence-electron chi connectivity index (χ3n) is 6.02. The molecule has 1 aliphatic rings. The number of hydrogen-bond acceptors (Lipinski definition) is 6. The fourth-order valence-electron chi connectivity index (χ4n) is 4.30. The van der Waals surface area contributed by atoms with Crippen molar-refractivity contribution < 1.29 is 29.2 Å². The number of methoxy groups -OCH3 is 1. The van der Waals surface area contributed by atoms with E-state index in [9.17, 15) is 24.5 Å². The van der Waals surface area contributed by atoms with Crippen LogP contribution in [0.4, 0.5) is 4.39 Å². The van der Waals surface area contributed by atoms with Crippen molar-refractivity contribution in [3.63, 3.8) is 0 Å². The number of ether oxygens (including phenoxy) is 1. The number of halogens is 1. The van der Waals surface area contributed by atoms with E-state index in [2.05, 4.69) is 4.74 Å². The van der Waals surface area contributed by atoms with Crippen molar-refractivity contribution in [2.45, 2.75) is 81.0 Å². The van der Waals surface area contributed by atoms with Crippen molar-refractivity contribution in [3.8, 4) is 0 Å². The van der Waals surface area contributed by atoms with Crippen LogP contribution in [0.5, 0.6) is 0 Å². The van der Waals surface area contributed by atoms with E-state index >= 15 is 0 Å². The van der Waals surface area contributed by atoms with Crippen LogP contribution in [0.25, 0.3) is 0 Å². The zero-order chi connectivity index (χ0) is 21.9. The van der Waals surface area contributed by atoms with Crippen LogP contribution in [0.1, 0.15) is 57.8 Å². The van der Waals surface area contributed by atoms with Crippen molar-refractivity contribution >= 4 is 17.7 Å². The third kappa shape index (κ3) is 8.17. The van der Waals surface area contributed by atoms with Crippen molar-refractivity contribution in [1.29, 1.82) is 0 Å². The molecule has 7 heteroatoms. The average Bonchev–Trinajstić information content (AvgIpc) is 3.00. The Bertz CT molecular complexity index is 644. The minimum Gasteiger partial charge on any atom is -0.469 e. The van der Waals surface area contributed by atoms with Crippen molar-refractivity contribution in [2.75, 3.05) is 12.9 Å². The number of benzene rings is 1. The second kappa shape index (κ2) is 13.3. The van der Waals surface area contributed by atoms with Crippen LogP contribution in [0.3, 0.4) is 0 Å². The van der Waals surface area contributed by atoms with Crippen molar-refractivity contribution in [3.05, 3.63) is 30.1 Å². The van der Waals surface area contributed by atoms with Crippen LogP contribution in [0, 0.1) is 17.7 Å². The first-order valence-corrected chi connectivity index (χ1v) is 11.9. The van der Waals surface area contributed by atoms with Gasteiger partial charge in [0.15, 0.2) is 0 Å². The number of aliphatic hydroxyl groups excluding tert-OH is 3. The van der Waals surface area contributed by atoms with Crippen molar-refractivity contribution in [2.24, 2.45) is 11.8 Å². The molecule has 2 rings (SSSR count). The summed E-state index contributed by atoms with van der Waals surface area (Å²) < 4.78 is 18.3. The predicted octanol–water partition coefficient (Wildman–Crippen LogP) is 3.93. The summed E-state index contributed by atoms with van der Waals surface area (Å²) in [5.74, 6) is -0.0565. The van der Waals surface area contributed by atoms with E-state index in [4.69, 9.17) is 0 Å². The fraction of sp³-hybridized carbons (Fsp3) is 0.696. The van der Waals surface area contributed by atoms with Gasteiger partial charge >= 0.3 is 5.97 Å². The number of carbonyl (C=O) groups excluding carboxylic acids is 1. The highest BCUT2D eigenvalue weighted by atomic mass is 32.2. The Hall–Kier alpha value is -1.15. The summed E-state index contributed by atoms with van der Waals surface area (Å²) in [7, 11) is 1.39. The predicted molar refractivity (Wildman–Crippen MR) is 116 cm³/mol. The minimum absolute atomic E-state index is 0.0248. The lowest BCUT2D eigenvalue weighted by Gasteiger charge is -2.24. The van der Waals surface area contributed by atoms with Gasteiger partial charge in [0.25, 0.3) is 0 Å².